The molecule has 0 aliphatic carbocycles. The van der Waals surface area contributed by atoms with Crippen LogP contribution in [-0.2, 0) is 0 Å². The van der Waals surface area contributed by atoms with Crippen molar-refractivity contribution < 1.29 is 4.79 Å². The average Bonchev–Trinajstić information content (AvgIpc) is 3.17. The third-order valence-corrected chi connectivity index (χ3v) is 4.85. The number of benzene rings is 1. The van der Waals surface area contributed by atoms with Gasteiger partial charge in [-0.2, -0.15) is 0 Å². The van der Waals surface area contributed by atoms with Crippen molar-refractivity contribution in [2.24, 2.45) is 0 Å². The molecule has 5 heteroatoms. The molecule has 2 aromatic heterocycles. The van der Waals surface area contributed by atoms with Gasteiger partial charge in [0.1, 0.15) is 5.82 Å². The van der Waals surface area contributed by atoms with E-state index in [1.165, 1.54) is 12.8 Å². The Balaban J connectivity index is 1.61. The van der Waals surface area contributed by atoms with Crippen molar-refractivity contribution in [2.75, 3.05) is 23.3 Å². The van der Waals surface area contributed by atoms with Crippen LogP contribution < -0.4 is 10.2 Å². The number of nitrogens with one attached hydrogen (secondary N) is 1. The minimum Gasteiger partial charge on any atom is -0.357 e. The Bertz CT molecular complexity index is 977. The number of hydrogen-bond donors (Lipinski definition) is 1. The number of hydrogen-bond acceptors (Lipinski definition) is 4. The van der Waals surface area contributed by atoms with E-state index < -0.39 is 0 Å². The summed E-state index contributed by atoms with van der Waals surface area (Å²) in [5, 5.41) is 3.96. The van der Waals surface area contributed by atoms with Crippen LogP contribution in [-0.4, -0.2) is 29.0 Å². The molecule has 0 saturated carbocycles. The maximum absolute atomic E-state index is 12.8. The summed E-state index contributed by atoms with van der Waals surface area (Å²) in [4.78, 5) is 24.3. The van der Waals surface area contributed by atoms with Crippen LogP contribution >= 0.6 is 0 Å². The molecule has 1 amide bonds. The number of aryl methyl sites for hydroxylation is 2. The molecule has 1 aliphatic heterocycles. The van der Waals surface area contributed by atoms with Gasteiger partial charge in [0, 0.05) is 24.2 Å². The Morgan fingerprint density at radius 1 is 1.00 bits per heavy atom. The van der Waals surface area contributed by atoms with Crippen molar-refractivity contribution in [1.29, 1.82) is 0 Å². The second kappa shape index (κ2) is 6.75. The third kappa shape index (κ3) is 3.12. The first-order chi connectivity index (χ1) is 12.6. The van der Waals surface area contributed by atoms with Gasteiger partial charge >= 0.3 is 0 Å². The summed E-state index contributed by atoms with van der Waals surface area (Å²) in [6.07, 6.45) is 2.43. The number of rotatable bonds is 3. The highest BCUT2D eigenvalue weighted by atomic mass is 16.1. The molecule has 0 unspecified atom stereocenters. The molecule has 4 rings (SSSR count). The number of amides is 1. The van der Waals surface area contributed by atoms with Gasteiger partial charge in [-0.1, -0.05) is 18.2 Å². The fraction of sp³-hybridized carbons (Fsp3) is 0.286. The van der Waals surface area contributed by atoms with E-state index in [0.717, 1.165) is 46.9 Å². The lowest BCUT2D eigenvalue weighted by Gasteiger charge is -2.18. The molecular formula is C21H22N4O. The van der Waals surface area contributed by atoms with Gasteiger partial charge in [0.25, 0.3) is 5.91 Å². The van der Waals surface area contributed by atoms with Gasteiger partial charge in [-0.25, -0.2) is 4.98 Å². The Morgan fingerprint density at radius 2 is 1.81 bits per heavy atom. The molecule has 1 N–H and O–H groups in total. The second-order valence-electron chi connectivity index (χ2n) is 6.78. The van der Waals surface area contributed by atoms with E-state index in [0.29, 0.717) is 5.56 Å². The zero-order valence-electron chi connectivity index (χ0n) is 15.1. The Kier molecular flexibility index (Phi) is 4.29. The number of carbonyl (C=O) groups is 1. The van der Waals surface area contributed by atoms with Crippen LogP contribution in [0.15, 0.2) is 42.5 Å². The van der Waals surface area contributed by atoms with Crippen LogP contribution in [0.2, 0.25) is 0 Å². The molecule has 3 aromatic rings. The maximum Gasteiger partial charge on any atom is 0.257 e. The van der Waals surface area contributed by atoms with Crippen molar-refractivity contribution in [3.8, 4) is 0 Å². The van der Waals surface area contributed by atoms with Crippen LogP contribution in [0.5, 0.6) is 0 Å². The molecule has 3 heterocycles. The molecule has 5 nitrogen and oxygen atoms in total. The summed E-state index contributed by atoms with van der Waals surface area (Å²) >= 11 is 0. The Labute approximate surface area is 153 Å². The lowest BCUT2D eigenvalue weighted by atomic mass is 10.1. The molecular weight excluding hydrogens is 324 g/mol. The van der Waals surface area contributed by atoms with E-state index in [2.05, 4.69) is 20.2 Å². The molecule has 26 heavy (non-hydrogen) atoms. The zero-order chi connectivity index (χ0) is 18.1. The minimum absolute atomic E-state index is 0.160. The van der Waals surface area contributed by atoms with Crippen molar-refractivity contribution in [1.82, 2.24) is 9.97 Å². The monoisotopic (exact) mass is 346 g/mol. The van der Waals surface area contributed by atoms with Gasteiger partial charge in [0.05, 0.1) is 22.5 Å². The molecule has 0 atom stereocenters. The van der Waals surface area contributed by atoms with Crippen LogP contribution in [0.25, 0.3) is 10.9 Å². The quantitative estimate of drug-likeness (QED) is 0.776. The highest BCUT2D eigenvalue weighted by Crippen LogP contribution is 2.23. The summed E-state index contributed by atoms with van der Waals surface area (Å²) < 4.78 is 0. The average molecular weight is 346 g/mol. The van der Waals surface area contributed by atoms with Crippen molar-refractivity contribution in [3.63, 3.8) is 0 Å². The maximum atomic E-state index is 12.8. The minimum atomic E-state index is -0.160. The Hall–Kier alpha value is -2.95. The molecule has 1 aliphatic rings. The van der Waals surface area contributed by atoms with Crippen LogP contribution in [0.3, 0.4) is 0 Å². The van der Waals surface area contributed by atoms with E-state index in [1.54, 1.807) is 0 Å². The van der Waals surface area contributed by atoms with Crippen molar-refractivity contribution in [3.05, 3.63) is 59.4 Å². The van der Waals surface area contributed by atoms with Crippen molar-refractivity contribution in [2.45, 2.75) is 26.7 Å². The van der Waals surface area contributed by atoms with Gasteiger partial charge in [-0.15, -0.1) is 0 Å². The van der Waals surface area contributed by atoms with E-state index in [9.17, 15) is 4.79 Å². The number of para-hydroxylation sites is 1. The van der Waals surface area contributed by atoms with E-state index in [-0.39, 0.29) is 5.91 Å². The number of anilines is 2. The third-order valence-electron chi connectivity index (χ3n) is 4.85. The largest absolute Gasteiger partial charge is 0.357 e. The lowest BCUT2D eigenvalue weighted by molar-refractivity contribution is 0.102. The SMILES string of the molecule is Cc1ccc2cccc(C(=O)Nc3ccc(N4CCCC4)nc3C)c2n1. The van der Waals surface area contributed by atoms with E-state index in [4.69, 9.17) is 0 Å². The Morgan fingerprint density at radius 3 is 2.58 bits per heavy atom. The molecule has 1 saturated heterocycles. The lowest BCUT2D eigenvalue weighted by Crippen LogP contribution is -2.20. The van der Waals surface area contributed by atoms with Gasteiger partial charge in [0.15, 0.2) is 0 Å². The summed E-state index contributed by atoms with van der Waals surface area (Å²) in [5.74, 6) is 0.827. The normalized spacial score (nSPS) is 14.0. The predicted molar refractivity (Wildman–Crippen MR) is 105 cm³/mol. The van der Waals surface area contributed by atoms with E-state index >= 15 is 0 Å². The first-order valence-corrected chi connectivity index (χ1v) is 9.02. The highest BCUT2D eigenvalue weighted by molar-refractivity contribution is 6.12. The molecule has 1 aromatic carbocycles. The number of nitrogens with zero attached hydrogens (tertiary/aromatic N) is 3. The molecule has 1 fully saturated rings. The summed E-state index contributed by atoms with van der Waals surface area (Å²) in [6, 6.07) is 13.5. The predicted octanol–water partition coefficient (Wildman–Crippen LogP) is 4.10. The topological polar surface area (TPSA) is 58.1 Å². The number of carbonyl (C=O) groups excluding carboxylic acids is 1. The second-order valence-corrected chi connectivity index (χ2v) is 6.78. The smallest absolute Gasteiger partial charge is 0.257 e. The zero-order valence-corrected chi connectivity index (χ0v) is 15.1. The summed E-state index contributed by atoms with van der Waals surface area (Å²) in [5.41, 5.74) is 3.76. The van der Waals surface area contributed by atoms with Gasteiger partial charge in [-0.05, 0) is 51.0 Å². The van der Waals surface area contributed by atoms with Crippen LogP contribution in [0.4, 0.5) is 11.5 Å². The van der Waals surface area contributed by atoms with Gasteiger partial charge in [-0.3, -0.25) is 9.78 Å². The fourth-order valence-corrected chi connectivity index (χ4v) is 3.42. The highest BCUT2D eigenvalue weighted by Gasteiger charge is 2.16. The van der Waals surface area contributed by atoms with Gasteiger partial charge in [0.2, 0.25) is 0 Å². The number of aromatic nitrogens is 2. The summed E-state index contributed by atoms with van der Waals surface area (Å²) in [6.45, 7) is 5.97. The molecule has 0 spiro atoms. The summed E-state index contributed by atoms with van der Waals surface area (Å²) in [7, 11) is 0. The van der Waals surface area contributed by atoms with Crippen molar-refractivity contribution >= 4 is 28.3 Å². The molecule has 132 valence electrons. The van der Waals surface area contributed by atoms with E-state index in [1.807, 2.05) is 56.3 Å². The van der Waals surface area contributed by atoms with Crippen LogP contribution in [0.1, 0.15) is 34.6 Å². The first-order valence-electron chi connectivity index (χ1n) is 9.02. The van der Waals surface area contributed by atoms with Gasteiger partial charge < -0.3 is 10.2 Å². The first kappa shape index (κ1) is 16.5. The standard InChI is InChI=1S/C21H22N4O/c1-14-8-9-16-6-5-7-17(20(16)22-14)21(26)24-18-10-11-19(23-15(18)2)25-12-3-4-13-25/h5-11H,3-4,12-13H2,1-2H3,(H,24,26). The van der Waals surface area contributed by atoms with Crippen LogP contribution in [0, 0.1) is 13.8 Å². The number of fused-ring (bicyclic) bond motifs is 1. The molecule has 0 bridgehead atoms. The molecule has 0 radical (unpaired) electrons. The fourth-order valence-electron chi connectivity index (χ4n) is 3.42. The number of pyridine rings is 2.